The predicted molar refractivity (Wildman–Crippen MR) is 68.2 cm³/mol. The Balaban J connectivity index is 1.87. The number of amidine groups is 1. The Morgan fingerprint density at radius 3 is 2.88 bits per heavy atom. The van der Waals surface area contributed by atoms with E-state index in [1.165, 1.54) is 36.6 Å². The summed E-state index contributed by atoms with van der Waals surface area (Å²) in [6.45, 7) is 4.36. The number of hydrogen-bond donors (Lipinski definition) is 1. The average molecular weight is 235 g/mol. The third-order valence-corrected chi connectivity index (χ3v) is 4.20. The molecule has 1 saturated heterocycles. The second-order valence-electron chi connectivity index (χ2n) is 4.35. The van der Waals surface area contributed by atoms with Crippen LogP contribution in [0.4, 0.5) is 0 Å². The van der Waals surface area contributed by atoms with Crippen LogP contribution in [0.15, 0.2) is 22.5 Å². The summed E-state index contributed by atoms with van der Waals surface area (Å²) in [6, 6.07) is 4.76. The van der Waals surface area contributed by atoms with Gasteiger partial charge >= 0.3 is 0 Å². The van der Waals surface area contributed by atoms with Crippen molar-refractivity contribution in [3.8, 4) is 0 Å². The van der Waals surface area contributed by atoms with Crippen molar-refractivity contribution in [3.05, 3.63) is 22.4 Å². The number of thiophene rings is 1. The van der Waals surface area contributed by atoms with Gasteiger partial charge in [0.05, 0.1) is 6.54 Å². The summed E-state index contributed by atoms with van der Waals surface area (Å²) in [5.41, 5.74) is 0. The lowest BCUT2D eigenvalue weighted by Crippen LogP contribution is -2.36. The third-order valence-electron chi connectivity index (χ3n) is 3.28. The maximum Gasteiger partial charge on any atom is 0.119 e. The van der Waals surface area contributed by atoms with Gasteiger partial charge in [0.15, 0.2) is 0 Å². The standard InChI is InChI=1S/C12H17N3S/c1-2-8-15(7-1)11(10-4-3-9-16-10)12-13-5-6-14-12/h3-4,9,11H,1-2,5-8H2,(H,13,14). The Hall–Kier alpha value is -0.870. The van der Waals surface area contributed by atoms with Crippen LogP contribution >= 0.6 is 11.3 Å². The van der Waals surface area contributed by atoms with E-state index in [-0.39, 0.29) is 0 Å². The number of nitrogens with zero attached hydrogens (tertiary/aromatic N) is 2. The van der Waals surface area contributed by atoms with Gasteiger partial charge in [-0.3, -0.25) is 9.89 Å². The summed E-state index contributed by atoms with van der Waals surface area (Å²) >= 11 is 1.84. The van der Waals surface area contributed by atoms with Gasteiger partial charge in [0.25, 0.3) is 0 Å². The Bertz CT molecular complexity index is 366. The molecule has 0 spiro atoms. The van der Waals surface area contributed by atoms with Gasteiger partial charge in [-0.2, -0.15) is 0 Å². The zero-order valence-corrected chi connectivity index (χ0v) is 10.2. The monoisotopic (exact) mass is 235 g/mol. The van der Waals surface area contributed by atoms with Gasteiger partial charge in [-0.05, 0) is 37.4 Å². The Morgan fingerprint density at radius 1 is 1.38 bits per heavy atom. The maximum atomic E-state index is 4.61. The van der Waals surface area contributed by atoms with Gasteiger partial charge in [-0.25, -0.2) is 0 Å². The molecule has 1 atom stereocenters. The quantitative estimate of drug-likeness (QED) is 0.866. The van der Waals surface area contributed by atoms with Crippen LogP contribution in [0, 0.1) is 0 Å². The van der Waals surface area contributed by atoms with Crippen molar-refractivity contribution in [2.75, 3.05) is 26.2 Å². The van der Waals surface area contributed by atoms with Crippen LogP contribution in [0.2, 0.25) is 0 Å². The zero-order chi connectivity index (χ0) is 10.8. The number of aliphatic imine (C=N–C) groups is 1. The van der Waals surface area contributed by atoms with Gasteiger partial charge in [0, 0.05) is 11.4 Å². The normalized spacial score (nSPS) is 23.1. The summed E-state index contributed by atoms with van der Waals surface area (Å²) in [4.78, 5) is 8.59. The van der Waals surface area contributed by atoms with Gasteiger partial charge in [0.2, 0.25) is 0 Å². The van der Waals surface area contributed by atoms with E-state index in [0.717, 1.165) is 13.1 Å². The first kappa shape index (κ1) is 10.3. The van der Waals surface area contributed by atoms with Crippen LogP contribution in [0.1, 0.15) is 23.8 Å². The summed E-state index contributed by atoms with van der Waals surface area (Å²) in [6.07, 6.45) is 2.66. The largest absolute Gasteiger partial charge is 0.370 e. The minimum absolute atomic E-state index is 0.394. The van der Waals surface area contributed by atoms with Gasteiger partial charge < -0.3 is 5.32 Å². The average Bonchev–Trinajstić information content (AvgIpc) is 3.02. The van der Waals surface area contributed by atoms with Crippen molar-refractivity contribution in [1.29, 1.82) is 0 Å². The Kier molecular flexibility index (Phi) is 2.93. The highest BCUT2D eigenvalue weighted by atomic mass is 32.1. The van der Waals surface area contributed by atoms with Crippen LogP contribution in [-0.2, 0) is 0 Å². The lowest BCUT2D eigenvalue weighted by Gasteiger charge is -2.26. The predicted octanol–water partition coefficient (Wildman–Crippen LogP) is 1.89. The highest BCUT2D eigenvalue weighted by Gasteiger charge is 2.29. The zero-order valence-electron chi connectivity index (χ0n) is 9.35. The highest BCUT2D eigenvalue weighted by Crippen LogP contribution is 2.29. The lowest BCUT2D eigenvalue weighted by atomic mass is 10.2. The molecule has 1 aromatic rings. The van der Waals surface area contributed by atoms with Crippen molar-refractivity contribution in [2.45, 2.75) is 18.9 Å². The molecule has 1 aromatic heterocycles. The Morgan fingerprint density at radius 2 is 2.25 bits per heavy atom. The van der Waals surface area contributed by atoms with E-state index >= 15 is 0 Å². The van der Waals surface area contributed by atoms with Crippen LogP contribution in [0.5, 0.6) is 0 Å². The summed E-state index contributed by atoms with van der Waals surface area (Å²) in [5.74, 6) is 1.18. The third kappa shape index (κ3) is 1.87. The molecule has 0 radical (unpaired) electrons. The smallest absolute Gasteiger partial charge is 0.119 e. The van der Waals surface area contributed by atoms with E-state index in [2.05, 4.69) is 32.7 Å². The fraction of sp³-hybridized carbons (Fsp3) is 0.583. The van der Waals surface area contributed by atoms with E-state index in [1.807, 2.05) is 11.3 Å². The maximum absolute atomic E-state index is 4.61. The Labute approximate surface area is 100 Å². The van der Waals surface area contributed by atoms with Crippen LogP contribution in [0.25, 0.3) is 0 Å². The number of hydrogen-bond acceptors (Lipinski definition) is 4. The molecule has 86 valence electrons. The lowest BCUT2D eigenvalue weighted by molar-refractivity contribution is 0.304. The molecule has 3 rings (SSSR count). The molecular formula is C12H17N3S. The summed E-state index contributed by atoms with van der Waals surface area (Å²) in [7, 11) is 0. The molecule has 3 nitrogen and oxygen atoms in total. The van der Waals surface area contributed by atoms with Gasteiger partial charge in [-0.15, -0.1) is 11.3 Å². The molecule has 0 aliphatic carbocycles. The first-order chi connectivity index (χ1) is 7.95. The molecule has 0 amide bonds. The molecule has 2 aliphatic heterocycles. The van der Waals surface area contributed by atoms with Crippen molar-refractivity contribution in [3.63, 3.8) is 0 Å². The van der Waals surface area contributed by atoms with Crippen molar-refractivity contribution < 1.29 is 0 Å². The van der Waals surface area contributed by atoms with E-state index in [9.17, 15) is 0 Å². The molecule has 1 unspecified atom stereocenters. The second-order valence-corrected chi connectivity index (χ2v) is 5.33. The van der Waals surface area contributed by atoms with Crippen LogP contribution in [0.3, 0.4) is 0 Å². The van der Waals surface area contributed by atoms with E-state index in [4.69, 9.17) is 0 Å². The molecule has 0 aromatic carbocycles. The molecule has 0 bridgehead atoms. The molecule has 16 heavy (non-hydrogen) atoms. The van der Waals surface area contributed by atoms with E-state index < -0.39 is 0 Å². The molecule has 1 fully saturated rings. The molecule has 3 heterocycles. The van der Waals surface area contributed by atoms with Crippen LogP contribution < -0.4 is 5.32 Å². The molecule has 2 aliphatic rings. The highest BCUT2D eigenvalue weighted by molar-refractivity contribution is 7.10. The van der Waals surface area contributed by atoms with Crippen molar-refractivity contribution in [1.82, 2.24) is 10.2 Å². The van der Waals surface area contributed by atoms with E-state index in [1.54, 1.807) is 0 Å². The molecule has 1 N–H and O–H groups in total. The fourth-order valence-electron chi connectivity index (χ4n) is 2.53. The SMILES string of the molecule is c1csc(C(C2=NCCN2)N2CCCC2)c1. The molecule has 4 heteroatoms. The molecule has 0 saturated carbocycles. The number of nitrogens with one attached hydrogen (secondary N) is 1. The summed E-state index contributed by atoms with van der Waals surface area (Å²) < 4.78 is 0. The molecular weight excluding hydrogens is 218 g/mol. The minimum atomic E-state index is 0.394. The fourth-order valence-corrected chi connectivity index (χ4v) is 3.39. The van der Waals surface area contributed by atoms with Gasteiger partial charge in [-0.1, -0.05) is 6.07 Å². The second kappa shape index (κ2) is 4.55. The first-order valence-electron chi connectivity index (χ1n) is 6.01. The topological polar surface area (TPSA) is 27.6 Å². The first-order valence-corrected chi connectivity index (χ1v) is 6.89. The number of likely N-dealkylation sites (tertiary alicyclic amines) is 1. The van der Waals surface area contributed by atoms with E-state index in [0.29, 0.717) is 6.04 Å². The van der Waals surface area contributed by atoms with Crippen molar-refractivity contribution >= 4 is 17.2 Å². The van der Waals surface area contributed by atoms with Crippen molar-refractivity contribution in [2.24, 2.45) is 4.99 Å². The minimum Gasteiger partial charge on any atom is -0.370 e. The van der Waals surface area contributed by atoms with Crippen LogP contribution in [-0.4, -0.2) is 36.9 Å². The number of rotatable bonds is 3. The summed E-state index contributed by atoms with van der Waals surface area (Å²) in [5, 5.41) is 5.60. The van der Waals surface area contributed by atoms with Gasteiger partial charge in [0.1, 0.15) is 11.9 Å².